The molecule has 0 aliphatic carbocycles. The number of carbonyl (C=O) groups is 2. The highest BCUT2D eigenvalue weighted by atomic mass is 19.4. The van der Waals surface area contributed by atoms with E-state index in [-0.39, 0.29) is 17.6 Å². The number of carbonyl (C=O) groups excluding carboxylic acids is 2. The van der Waals surface area contributed by atoms with Crippen LogP contribution in [0.1, 0.15) is 25.3 Å². The summed E-state index contributed by atoms with van der Waals surface area (Å²) >= 11 is 0. The molecule has 1 aromatic carbocycles. The zero-order valence-corrected chi connectivity index (χ0v) is 13.2. The SMILES string of the molecule is CC(=O)N1CCC[C@H]1C(=O)NCCc1ccc(OC(F)(F)F)cc1. The number of benzene rings is 1. The molecule has 1 N–H and O–H groups in total. The molecule has 2 amide bonds. The maximum atomic E-state index is 12.1. The smallest absolute Gasteiger partial charge is 0.406 e. The molecule has 0 spiro atoms. The summed E-state index contributed by atoms with van der Waals surface area (Å²) in [6.07, 6.45) is -2.78. The number of nitrogens with one attached hydrogen (secondary N) is 1. The minimum absolute atomic E-state index is 0.118. The lowest BCUT2D eigenvalue weighted by Crippen LogP contribution is -2.45. The largest absolute Gasteiger partial charge is 0.573 e. The Bertz CT molecular complexity index is 587. The molecule has 24 heavy (non-hydrogen) atoms. The molecule has 2 rings (SSSR count). The molecule has 0 aromatic heterocycles. The third-order valence-corrected chi connectivity index (χ3v) is 3.83. The lowest BCUT2D eigenvalue weighted by Gasteiger charge is -2.22. The lowest BCUT2D eigenvalue weighted by molar-refractivity contribution is -0.274. The molecule has 1 aromatic rings. The Morgan fingerprint density at radius 2 is 1.96 bits per heavy atom. The van der Waals surface area contributed by atoms with E-state index >= 15 is 0 Å². The number of rotatable bonds is 5. The van der Waals surface area contributed by atoms with Gasteiger partial charge in [0.1, 0.15) is 11.8 Å². The van der Waals surface area contributed by atoms with Gasteiger partial charge in [0.15, 0.2) is 0 Å². The van der Waals surface area contributed by atoms with Gasteiger partial charge in [-0.05, 0) is 37.0 Å². The van der Waals surface area contributed by atoms with Crippen LogP contribution >= 0.6 is 0 Å². The van der Waals surface area contributed by atoms with E-state index in [1.54, 1.807) is 4.90 Å². The van der Waals surface area contributed by atoms with E-state index in [1.165, 1.54) is 31.2 Å². The van der Waals surface area contributed by atoms with Gasteiger partial charge >= 0.3 is 6.36 Å². The highest BCUT2D eigenvalue weighted by Crippen LogP contribution is 2.22. The van der Waals surface area contributed by atoms with E-state index < -0.39 is 12.4 Å². The Hall–Kier alpha value is -2.25. The van der Waals surface area contributed by atoms with Crippen molar-refractivity contribution in [3.05, 3.63) is 29.8 Å². The number of hydrogen-bond donors (Lipinski definition) is 1. The molecule has 0 radical (unpaired) electrons. The van der Waals surface area contributed by atoms with E-state index in [2.05, 4.69) is 10.1 Å². The lowest BCUT2D eigenvalue weighted by atomic mass is 10.1. The van der Waals surface area contributed by atoms with Crippen molar-refractivity contribution in [1.29, 1.82) is 0 Å². The Labute approximate surface area is 137 Å². The summed E-state index contributed by atoms with van der Waals surface area (Å²) in [4.78, 5) is 25.1. The topological polar surface area (TPSA) is 58.6 Å². The van der Waals surface area contributed by atoms with Gasteiger partial charge in [0.25, 0.3) is 0 Å². The minimum Gasteiger partial charge on any atom is -0.406 e. The van der Waals surface area contributed by atoms with E-state index in [1.807, 2.05) is 0 Å². The summed E-state index contributed by atoms with van der Waals surface area (Å²) in [5.41, 5.74) is 0.777. The fourth-order valence-electron chi connectivity index (χ4n) is 2.72. The summed E-state index contributed by atoms with van der Waals surface area (Å²) in [6, 6.07) is 5.08. The molecular weight excluding hydrogens is 325 g/mol. The summed E-state index contributed by atoms with van der Waals surface area (Å²) in [5, 5.41) is 2.77. The molecule has 132 valence electrons. The normalized spacial score (nSPS) is 17.7. The Morgan fingerprint density at radius 3 is 2.54 bits per heavy atom. The summed E-state index contributed by atoms with van der Waals surface area (Å²) in [6.45, 7) is 2.38. The van der Waals surface area contributed by atoms with Crippen molar-refractivity contribution in [3.63, 3.8) is 0 Å². The van der Waals surface area contributed by atoms with Crippen molar-refractivity contribution in [2.75, 3.05) is 13.1 Å². The molecule has 8 heteroatoms. The monoisotopic (exact) mass is 344 g/mol. The fourth-order valence-corrected chi connectivity index (χ4v) is 2.72. The Kier molecular flexibility index (Phi) is 5.69. The van der Waals surface area contributed by atoms with Gasteiger partial charge in [-0.3, -0.25) is 9.59 Å². The van der Waals surface area contributed by atoms with Crippen molar-refractivity contribution in [2.45, 2.75) is 38.6 Å². The van der Waals surface area contributed by atoms with Gasteiger partial charge in [-0.15, -0.1) is 13.2 Å². The van der Waals surface area contributed by atoms with Crippen LogP contribution in [-0.2, 0) is 16.0 Å². The molecule has 1 aliphatic heterocycles. The van der Waals surface area contributed by atoms with Crippen molar-refractivity contribution in [2.24, 2.45) is 0 Å². The van der Waals surface area contributed by atoms with E-state index in [9.17, 15) is 22.8 Å². The van der Waals surface area contributed by atoms with Crippen LogP contribution in [0.2, 0.25) is 0 Å². The van der Waals surface area contributed by atoms with E-state index in [0.29, 0.717) is 25.9 Å². The van der Waals surface area contributed by atoms with Gasteiger partial charge in [-0.2, -0.15) is 0 Å². The van der Waals surface area contributed by atoms with Crippen LogP contribution < -0.4 is 10.1 Å². The van der Waals surface area contributed by atoms with Crippen LogP contribution in [0.15, 0.2) is 24.3 Å². The molecular formula is C16H19F3N2O3. The number of likely N-dealkylation sites (tertiary alicyclic amines) is 1. The molecule has 0 bridgehead atoms. The first-order chi connectivity index (χ1) is 11.3. The second kappa shape index (κ2) is 7.55. The first kappa shape index (κ1) is 18.1. The Morgan fingerprint density at radius 1 is 1.29 bits per heavy atom. The number of nitrogens with zero attached hydrogens (tertiary/aromatic N) is 1. The van der Waals surface area contributed by atoms with Crippen molar-refractivity contribution in [3.8, 4) is 5.75 Å². The average molecular weight is 344 g/mol. The third-order valence-electron chi connectivity index (χ3n) is 3.83. The van der Waals surface area contributed by atoms with Crippen LogP contribution in [0.4, 0.5) is 13.2 Å². The second-order valence-corrected chi connectivity index (χ2v) is 5.60. The quantitative estimate of drug-likeness (QED) is 0.891. The zero-order valence-electron chi connectivity index (χ0n) is 13.2. The van der Waals surface area contributed by atoms with Crippen LogP contribution in [0, 0.1) is 0 Å². The van der Waals surface area contributed by atoms with Gasteiger partial charge in [0.05, 0.1) is 0 Å². The molecule has 0 unspecified atom stereocenters. The van der Waals surface area contributed by atoms with Gasteiger partial charge in [0, 0.05) is 20.0 Å². The highest BCUT2D eigenvalue weighted by molar-refractivity contribution is 5.87. The highest BCUT2D eigenvalue weighted by Gasteiger charge is 2.32. The predicted octanol–water partition coefficient (Wildman–Crippen LogP) is 2.25. The minimum atomic E-state index is -4.71. The fraction of sp³-hybridized carbons (Fsp3) is 0.500. The standard InChI is InChI=1S/C16H19F3N2O3/c1-11(22)21-10-2-3-14(21)15(23)20-9-8-12-4-6-13(7-5-12)24-16(17,18)19/h4-7,14H,2-3,8-10H2,1H3,(H,20,23)/t14-/m0/s1. The molecule has 0 saturated carbocycles. The van der Waals surface area contributed by atoms with Crippen molar-refractivity contribution in [1.82, 2.24) is 10.2 Å². The predicted molar refractivity (Wildman–Crippen MR) is 80.2 cm³/mol. The van der Waals surface area contributed by atoms with E-state index in [0.717, 1.165) is 12.0 Å². The first-order valence-corrected chi connectivity index (χ1v) is 7.66. The average Bonchev–Trinajstić information content (AvgIpc) is 2.97. The van der Waals surface area contributed by atoms with Gasteiger partial charge in [0.2, 0.25) is 11.8 Å². The number of halogens is 3. The first-order valence-electron chi connectivity index (χ1n) is 7.66. The molecule has 5 nitrogen and oxygen atoms in total. The maximum Gasteiger partial charge on any atom is 0.573 e. The van der Waals surface area contributed by atoms with Crippen molar-refractivity contribution >= 4 is 11.8 Å². The van der Waals surface area contributed by atoms with Crippen LogP contribution in [0.3, 0.4) is 0 Å². The molecule has 1 aliphatic rings. The summed E-state index contributed by atoms with van der Waals surface area (Å²) in [5.74, 6) is -0.592. The molecule has 1 atom stereocenters. The number of alkyl halides is 3. The zero-order chi connectivity index (χ0) is 17.7. The second-order valence-electron chi connectivity index (χ2n) is 5.60. The van der Waals surface area contributed by atoms with Gasteiger partial charge in [-0.1, -0.05) is 12.1 Å². The number of amides is 2. The summed E-state index contributed by atoms with van der Waals surface area (Å²) in [7, 11) is 0. The third kappa shape index (κ3) is 5.14. The van der Waals surface area contributed by atoms with Gasteiger partial charge < -0.3 is 15.0 Å². The van der Waals surface area contributed by atoms with Crippen molar-refractivity contribution < 1.29 is 27.5 Å². The molecule has 1 heterocycles. The number of ether oxygens (including phenoxy) is 1. The molecule has 1 saturated heterocycles. The maximum absolute atomic E-state index is 12.1. The summed E-state index contributed by atoms with van der Waals surface area (Å²) < 4.78 is 40.0. The van der Waals surface area contributed by atoms with E-state index in [4.69, 9.17) is 0 Å². The Balaban J connectivity index is 1.79. The molecule has 1 fully saturated rings. The van der Waals surface area contributed by atoms with Crippen LogP contribution in [-0.4, -0.2) is 42.2 Å². The number of hydrogen-bond acceptors (Lipinski definition) is 3. The van der Waals surface area contributed by atoms with Gasteiger partial charge in [-0.25, -0.2) is 0 Å². The van der Waals surface area contributed by atoms with Crippen LogP contribution in [0.5, 0.6) is 5.75 Å². The van der Waals surface area contributed by atoms with Crippen LogP contribution in [0.25, 0.3) is 0 Å².